The third kappa shape index (κ3) is 3.84. The Morgan fingerprint density at radius 3 is 2.56 bits per heavy atom. The number of hydrogen-bond acceptors (Lipinski definition) is 6. The van der Waals surface area contributed by atoms with Gasteiger partial charge in [-0.3, -0.25) is 14.5 Å². The highest BCUT2D eigenvalue weighted by Crippen LogP contribution is 2.51. The minimum absolute atomic E-state index is 0.0509. The number of β-amino-alcohol motifs (C(OH)–C–C–N with tert-alkyl or cyclic N) is 1. The van der Waals surface area contributed by atoms with Crippen molar-refractivity contribution in [1.29, 1.82) is 0 Å². The number of rotatable bonds is 5. The monoisotopic (exact) mass is 479 g/mol. The molecule has 11 heteroatoms. The molecule has 4 rings (SSSR count). The van der Waals surface area contributed by atoms with Gasteiger partial charge in [-0.1, -0.05) is 18.2 Å². The number of halogens is 3. The first-order valence-electron chi connectivity index (χ1n) is 10.5. The molecule has 2 aliphatic rings. The first-order valence-corrected chi connectivity index (χ1v) is 10.5. The molecule has 0 radical (unpaired) electrons. The lowest BCUT2D eigenvalue weighted by molar-refractivity contribution is -0.274. The summed E-state index contributed by atoms with van der Waals surface area (Å²) < 4.78 is 48.6. The molecule has 1 saturated heterocycles. The molecule has 0 saturated carbocycles. The van der Waals surface area contributed by atoms with E-state index in [4.69, 9.17) is 4.74 Å². The zero-order valence-corrected chi connectivity index (χ0v) is 18.7. The first-order chi connectivity index (χ1) is 16.0. The number of aliphatic hydroxyl groups is 1. The number of fused-ring (bicyclic) bond motifs is 1. The molecule has 2 aliphatic heterocycles. The summed E-state index contributed by atoms with van der Waals surface area (Å²) >= 11 is 0. The number of benzene rings is 2. The fourth-order valence-corrected chi connectivity index (χ4v) is 4.83. The van der Waals surface area contributed by atoms with Crippen molar-refractivity contribution in [2.45, 2.75) is 30.5 Å². The second-order valence-electron chi connectivity index (χ2n) is 8.41. The van der Waals surface area contributed by atoms with Crippen LogP contribution in [-0.2, 0) is 15.1 Å². The average molecular weight is 479 g/mol. The molecule has 3 atom stereocenters. The second kappa shape index (κ2) is 8.48. The van der Waals surface area contributed by atoms with Crippen LogP contribution in [0.4, 0.5) is 18.9 Å². The maximum absolute atomic E-state index is 13.8. The highest BCUT2D eigenvalue weighted by Gasteiger charge is 2.59. The number of alkyl halides is 3. The van der Waals surface area contributed by atoms with Gasteiger partial charge in [0, 0.05) is 37.5 Å². The van der Waals surface area contributed by atoms with E-state index in [0.717, 1.165) is 12.1 Å². The van der Waals surface area contributed by atoms with Crippen molar-refractivity contribution in [2.24, 2.45) is 0 Å². The van der Waals surface area contributed by atoms with E-state index < -0.39 is 35.7 Å². The molecule has 2 aromatic rings. The van der Waals surface area contributed by atoms with Crippen molar-refractivity contribution in [1.82, 2.24) is 9.80 Å². The summed E-state index contributed by atoms with van der Waals surface area (Å²) in [4.78, 5) is 29.8. The third-order valence-electron chi connectivity index (χ3n) is 6.12. The Kier molecular flexibility index (Phi) is 5.94. The average Bonchev–Trinajstić information content (AvgIpc) is 3.29. The van der Waals surface area contributed by atoms with Gasteiger partial charge in [0.2, 0.25) is 5.91 Å². The number of methoxy groups -OCH3 is 1. The molecule has 2 heterocycles. The first kappa shape index (κ1) is 23.8. The highest BCUT2D eigenvalue weighted by atomic mass is 19.4. The molecule has 0 aromatic heterocycles. The number of amides is 2. The van der Waals surface area contributed by atoms with Gasteiger partial charge in [-0.05, 0) is 30.7 Å². The van der Waals surface area contributed by atoms with Crippen LogP contribution in [0.5, 0.6) is 11.5 Å². The maximum atomic E-state index is 13.8. The van der Waals surface area contributed by atoms with E-state index in [1.807, 2.05) is 0 Å². The van der Waals surface area contributed by atoms with Gasteiger partial charge in [-0.25, -0.2) is 0 Å². The molecule has 0 bridgehead atoms. The van der Waals surface area contributed by atoms with Gasteiger partial charge < -0.3 is 24.8 Å². The number of carbonyl (C=O) groups excluding carboxylic acids is 2. The van der Waals surface area contributed by atoms with E-state index in [9.17, 15) is 27.9 Å². The summed E-state index contributed by atoms with van der Waals surface area (Å²) in [6.45, 7) is -0.0699. The quantitative estimate of drug-likeness (QED) is 0.684. The zero-order chi connectivity index (χ0) is 24.8. The van der Waals surface area contributed by atoms with Crippen LogP contribution in [0.25, 0.3) is 0 Å². The minimum Gasteiger partial charge on any atom is -0.496 e. The van der Waals surface area contributed by atoms with Crippen LogP contribution in [0.1, 0.15) is 17.5 Å². The lowest BCUT2D eigenvalue weighted by atomic mass is 9.80. The van der Waals surface area contributed by atoms with E-state index in [2.05, 4.69) is 10.1 Å². The van der Waals surface area contributed by atoms with Gasteiger partial charge >= 0.3 is 6.36 Å². The molecule has 0 spiro atoms. The van der Waals surface area contributed by atoms with Gasteiger partial charge in [0.25, 0.3) is 5.91 Å². The smallest absolute Gasteiger partial charge is 0.496 e. The summed E-state index contributed by atoms with van der Waals surface area (Å²) in [7, 11) is 4.52. The number of hydrogen-bond donors (Lipinski definition) is 2. The molecule has 1 unspecified atom stereocenters. The molecule has 0 aliphatic carbocycles. The molecule has 34 heavy (non-hydrogen) atoms. The Morgan fingerprint density at radius 2 is 1.91 bits per heavy atom. The van der Waals surface area contributed by atoms with E-state index in [0.29, 0.717) is 11.3 Å². The summed E-state index contributed by atoms with van der Waals surface area (Å²) in [5, 5.41) is 13.3. The second-order valence-corrected chi connectivity index (χ2v) is 8.41. The van der Waals surface area contributed by atoms with E-state index in [-0.39, 0.29) is 30.1 Å². The molecule has 2 aromatic carbocycles. The largest absolute Gasteiger partial charge is 0.573 e. The van der Waals surface area contributed by atoms with Gasteiger partial charge in [0.05, 0.1) is 19.3 Å². The standard InChI is InChI=1S/C23H24F3N3O5/c1-28(2)20(31)18-10-13(30)12-29(18)22(15-6-4-5-7-19(15)33-3)16-11-14(34-23(24,25)26)8-9-17(16)27-21(22)32/h4-9,11,13,18,30H,10,12H2,1-3H3,(H,27,32)/t13-,18+,22?/m1/s1. The van der Waals surface area contributed by atoms with Gasteiger partial charge in [0.15, 0.2) is 5.54 Å². The number of aliphatic hydroxyl groups excluding tert-OH is 1. The van der Waals surface area contributed by atoms with E-state index in [1.54, 1.807) is 38.4 Å². The highest BCUT2D eigenvalue weighted by molar-refractivity contribution is 6.09. The maximum Gasteiger partial charge on any atom is 0.573 e. The third-order valence-corrected chi connectivity index (χ3v) is 6.12. The molecule has 182 valence electrons. The van der Waals surface area contributed by atoms with Gasteiger partial charge in [0.1, 0.15) is 11.5 Å². The van der Waals surface area contributed by atoms with Crippen molar-refractivity contribution in [2.75, 3.05) is 33.1 Å². The Morgan fingerprint density at radius 1 is 1.21 bits per heavy atom. The van der Waals surface area contributed by atoms with Crippen LogP contribution in [-0.4, -0.2) is 73.0 Å². The Bertz CT molecular complexity index is 1120. The number of anilines is 1. The predicted molar refractivity (Wildman–Crippen MR) is 115 cm³/mol. The summed E-state index contributed by atoms with van der Waals surface area (Å²) in [5.41, 5.74) is -1.01. The summed E-state index contributed by atoms with van der Waals surface area (Å²) in [5.74, 6) is -1.15. The lowest BCUT2D eigenvalue weighted by Gasteiger charge is -2.41. The van der Waals surface area contributed by atoms with Crippen LogP contribution >= 0.6 is 0 Å². The molecular formula is C23H24F3N3O5. The SMILES string of the molecule is COc1ccccc1C1(N2C[C@H](O)C[C@H]2C(=O)N(C)C)C(=O)Nc2ccc(OC(F)(F)F)cc21. The topological polar surface area (TPSA) is 91.3 Å². The van der Waals surface area contributed by atoms with Crippen LogP contribution in [0.15, 0.2) is 42.5 Å². The zero-order valence-electron chi connectivity index (χ0n) is 18.7. The number of nitrogens with one attached hydrogen (secondary N) is 1. The molecule has 2 N–H and O–H groups in total. The van der Waals surface area contributed by atoms with Crippen molar-refractivity contribution < 1.29 is 37.3 Å². The van der Waals surface area contributed by atoms with Crippen molar-refractivity contribution >= 4 is 17.5 Å². The number of likely N-dealkylation sites (tertiary alicyclic amines) is 1. The van der Waals surface area contributed by atoms with Gasteiger partial charge in [-0.2, -0.15) is 0 Å². The Labute approximate surface area is 193 Å². The fraction of sp³-hybridized carbons (Fsp3) is 0.391. The molecule has 8 nitrogen and oxygen atoms in total. The van der Waals surface area contributed by atoms with Crippen LogP contribution in [0.3, 0.4) is 0 Å². The number of para-hydroxylation sites is 1. The molecule has 2 amide bonds. The van der Waals surface area contributed by atoms with E-state index >= 15 is 0 Å². The summed E-state index contributed by atoms with van der Waals surface area (Å²) in [6.07, 6.45) is -5.83. The lowest BCUT2D eigenvalue weighted by Crippen LogP contribution is -2.57. The van der Waals surface area contributed by atoms with Crippen LogP contribution in [0, 0.1) is 0 Å². The minimum atomic E-state index is -4.94. The van der Waals surface area contributed by atoms with Crippen LogP contribution in [0.2, 0.25) is 0 Å². The molecule has 1 fully saturated rings. The van der Waals surface area contributed by atoms with Crippen molar-refractivity contribution in [3.05, 3.63) is 53.6 Å². The van der Waals surface area contributed by atoms with E-state index in [1.165, 1.54) is 23.0 Å². The van der Waals surface area contributed by atoms with Gasteiger partial charge in [-0.15, -0.1) is 13.2 Å². The normalized spacial score (nSPS) is 24.5. The Hall–Kier alpha value is -3.31. The number of carbonyl (C=O) groups is 2. The summed E-state index contributed by atoms with van der Waals surface area (Å²) in [6, 6.07) is 9.23. The van der Waals surface area contributed by atoms with Crippen molar-refractivity contribution in [3.8, 4) is 11.5 Å². The fourth-order valence-electron chi connectivity index (χ4n) is 4.83. The number of ether oxygens (including phenoxy) is 2. The predicted octanol–water partition coefficient (Wildman–Crippen LogP) is 2.31. The Balaban J connectivity index is 2.00. The number of likely N-dealkylation sites (N-methyl/N-ethyl adjacent to an activating group) is 1. The van der Waals surface area contributed by atoms with Crippen LogP contribution < -0.4 is 14.8 Å². The number of nitrogens with zero attached hydrogens (tertiary/aromatic N) is 2. The molecular weight excluding hydrogens is 455 g/mol. The van der Waals surface area contributed by atoms with Crippen molar-refractivity contribution in [3.63, 3.8) is 0 Å².